The summed E-state index contributed by atoms with van der Waals surface area (Å²) in [6, 6.07) is 11.9. The highest BCUT2D eigenvalue weighted by molar-refractivity contribution is 9.10. The number of thiazole rings is 1. The van der Waals surface area contributed by atoms with Crippen LogP contribution in [0.25, 0.3) is 11.3 Å². The molecule has 1 aromatic carbocycles. The molecule has 0 aliphatic rings. The molecule has 22 heavy (non-hydrogen) atoms. The fourth-order valence-electron chi connectivity index (χ4n) is 1.79. The van der Waals surface area contributed by atoms with Gasteiger partial charge in [0.1, 0.15) is 5.82 Å². The zero-order valence-corrected chi connectivity index (χ0v) is 13.8. The maximum Gasteiger partial charge on any atom is 0.205 e. The summed E-state index contributed by atoms with van der Waals surface area (Å²) in [4.78, 5) is 8.43. The van der Waals surface area contributed by atoms with Gasteiger partial charge in [0.2, 0.25) is 5.13 Å². The van der Waals surface area contributed by atoms with Crippen LogP contribution in [0, 0.1) is 0 Å². The number of hydrazone groups is 1. The summed E-state index contributed by atoms with van der Waals surface area (Å²) in [5, 5.41) is 6.57. The van der Waals surface area contributed by atoms with E-state index in [9.17, 15) is 0 Å². The molecule has 0 aliphatic carbocycles. The van der Waals surface area contributed by atoms with Crippen molar-refractivity contribution in [2.75, 3.05) is 11.2 Å². The van der Waals surface area contributed by atoms with Crippen molar-refractivity contribution < 1.29 is 0 Å². The molecule has 2 heterocycles. The zero-order chi connectivity index (χ0) is 15.4. The molecule has 0 radical (unpaired) electrons. The van der Waals surface area contributed by atoms with Crippen LogP contribution < -0.4 is 11.2 Å². The van der Waals surface area contributed by atoms with E-state index in [0.717, 1.165) is 21.3 Å². The Hall–Kier alpha value is -2.25. The number of hydrogen-bond acceptors (Lipinski definition) is 6. The molecule has 0 aliphatic heterocycles. The Morgan fingerprint density at radius 1 is 1.18 bits per heavy atom. The fourth-order valence-corrected chi connectivity index (χ4v) is 2.57. The van der Waals surface area contributed by atoms with E-state index in [1.54, 1.807) is 17.8 Å². The summed E-state index contributed by atoms with van der Waals surface area (Å²) < 4.78 is 0.967. The summed E-state index contributed by atoms with van der Waals surface area (Å²) in [6.45, 7) is 0. The molecular formula is C15H12BrN5S. The monoisotopic (exact) mass is 373 g/mol. The molecule has 0 saturated heterocycles. The Bertz CT molecular complexity index is 780. The first-order chi connectivity index (χ1) is 10.7. The van der Waals surface area contributed by atoms with Crippen LogP contribution in [0.3, 0.4) is 0 Å². The third-order valence-corrected chi connectivity index (χ3v) is 4.06. The van der Waals surface area contributed by atoms with E-state index in [-0.39, 0.29) is 0 Å². The van der Waals surface area contributed by atoms with Crippen molar-refractivity contribution in [2.45, 2.75) is 0 Å². The van der Waals surface area contributed by atoms with E-state index in [1.807, 2.05) is 36.4 Å². The lowest BCUT2D eigenvalue weighted by Crippen LogP contribution is -1.91. The van der Waals surface area contributed by atoms with E-state index < -0.39 is 0 Å². The molecule has 110 valence electrons. The molecule has 0 amide bonds. The standard InChI is InChI=1S/C15H12BrN5S/c16-12-5-6-13(18-8-12)11-3-1-10(2-4-11)7-19-21-15-20-14(17)9-22-15/h1-9H,17H2,(H,20,21). The maximum atomic E-state index is 5.54. The molecule has 7 heteroatoms. The molecule has 0 atom stereocenters. The van der Waals surface area contributed by atoms with Crippen LogP contribution in [-0.4, -0.2) is 16.2 Å². The second kappa shape index (κ2) is 6.67. The molecule has 5 nitrogen and oxygen atoms in total. The van der Waals surface area contributed by atoms with Crippen molar-refractivity contribution in [1.82, 2.24) is 9.97 Å². The molecule has 0 saturated carbocycles. The molecule has 3 rings (SSSR count). The SMILES string of the molecule is Nc1csc(NN=Cc2ccc(-c3ccc(Br)cn3)cc2)n1. The third-order valence-electron chi connectivity index (χ3n) is 2.83. The van der Waals surface area contributed by atoms with Crippen molar-refractivity contribution in [3.63, 3.8) is 0 Å². The average Bonchev–Trinajstić information content (AvgIpc) is 2.94. The predicted molar refractivity (Wildman–Crippen MR) is 95.1 cm³/mol. The molecule has 2 aromatic heterocycles. The van der Waals surface area contributed by atoms with Gasteiger partial charge < -0.3 is 5.73 Å². The minimum atomic E-state index is 0.494. The topological polar surface area (TPSA) is 76.2 Å². The number of aromatic nitrogens is 2. The lowest BCUT2D eigenvalue weighted by atomic mass is 10.1. The fraction of sp³-hybridized carbons (Fsp3) is 0. The Labute approximate surface area is 140 Å². The van der Waals surface area contributed by atoms with Gasteiger partial charge in [0.05, 0.1) is 11.9 Å². The lowest BCUT2D eigenvalue weighted by Gasteiger charge is -2.01. The van der Waals surface area contributed by atoms with Crippen molar-refractivity contribution >= 4 is 44.4 Å². The van der Waals surface area contributed by atoms with Gasteiger partial charge in [-0.1, -0.05) is 24.3 Å². The molecule has 0 bridgehead atoms. The lowest BCUT2D eigenvalue weighted by molar-refractivity contribution is 1.29. The second-order valence-corrected chi connectivity index (χ2v) is 6.20. The maximum absolute atomic E-state index is 5.54. The van der Waals surface area contributed by atoms with Gasteiger partial charge in [-0.2, -0.15) is 5.10 Å². The number of benzene rings is 1. The number of pyridine rings is 1. The number of nitrogen functional groups attached to an aromatic ring is 1. The first-order valence-electron chi connectivity index (χ1n) is 6.43. The van der Waals surface area contributed by atoms with Gasteiger partial charge in [0.15, 0.2) is 0 Å². The molecule has 3 N–H and O–H groups in total. The number of nitrogens with one attached hydrogen (secondary N) is 1. The Morgan fingerprint density at radius 2 is 2.00 bits per heavy atom. The highest BCUT2D eigenvalue weighted by Crippen LogP contribution is 2.19. The quantitative estimate of drug-likeness (QED) is 0.535. The van der Waals surface area contributed by atoms with Gasteiger partial charge >= 0.3 is 0 Å². The van der Waals surface area contributed by atoms with Gasteiger partial charge in [-0.15, -0.1) is 11.3 Å². The largest absolute Gasteiger partial charge is 0.383 e. The van der Waals surface area contributed by atoms with Crippen LogP contribution in [-0.2, 0) is 0 Å². The molecule has 0 fully saturated rings. The van der Waals surface area contributed by atoms with Crippen LogP contribution in [0.15, 0.2) is 57.5 Å². The Balaban J connectivity index is 1.67. The Morgan fingerprint density at radius 3 is 2.64 bits per heavy atom. The van der Waals surface area contributed by atoms with Gasteiger partial charge in [-0.05, 0) is 33.6 Å². The third kappa shape index (κ3) is 3.69. The Kier molecular flexibility index (Phi) is 4.45. The van der Waals surface area contributed by atoms with E-state index in [2.05, 4.69) is 36.4 Å². The second-order valence-electron chi connectivity index (χ2n) is 4.43. The minimum absolute atomic E-state index is 0.494. The van der Waals surface area contributed by atoms with Crippen molar-refractivity contribution in [2.24, 2.45) is 5.10 Å². The highest BCUT2D eigenvalue weighted by Gasteiger charge is 1.99. The number of anilines is 2. The van der Waals surface area contributed by atoms with Gasteiger partial charge in [-0.3, -0.25) is 10.4 Å². The van der Waals surface area contributed by atoms with Crippen molar-refractivity contribution in [3.05, 3.63) is 58.0 Å². The van der Waals surface area contributed by atoms with Crippen LogP contribution in [0.4, 0.5) is 10.9 Å². The normalized spacial score (nSPS) is 11.0. The van der Waals surface area contributed by atoms with Crippen LogP contribution >= 0.6 is 27.3 Å². The zero-order valence-electron chi connectivity index (χ0n) is 11.4. The van der Waals surface area contributed by atoms with E-state index in [1.165, 1.54) is 11.3 Å². The first kappa shape index (κ1) is 14.7. The number of rotatable bonds is 4. The predicted octanol–water partition coefficient (Wildman–Crippen LogP) is 4.00. The minimum Gasteiger partial charge on any atom is -0.383 e. The van der Waals surface area contributed by atoms with Crippen molar-refractivity contribution in [3.8, 4) is 11.3 Å². The summed E-state index contributed by atoms with van der Waals surface area (Å²) in [5.74, 6) is 0.494. The smallest absolute Gasteiger partial charge is 0.205 e. The van der Waals surface area contributed by atoms with E-state index in [0.29, 0.717) is 10.9 Å². The molecule has 0 spiro atoms. The number of hydrogen-bond donors (Lipinski definition) is 2. The van der Waals surface area contributed by atoms with Crippen LogP contribution in [0.1, 0.15) is 5.56 Å². The number of nitrogens with zero attached hydrogens (tertiary/aromatic N) is 3. The summed E-state index contributed by atoms with van der Waals surface area (Å²) >= 11 is 4.79. The van der Waals surface area contributed by atoms with Crippen molar-refractivity contribution in [1.29, 1.82) is 0 Å². The van der Waals surface area contributed by atoms with Gasteiger partial charge in [0.25, 0.3) is 0 Å². The number of nitrogens with two attached hydrogens (primary N) is 1. The first-order valence-corrected chi connectivity index (χ1v) is 8.10. The summed E-state index contributed by atoms with van der Waals surface area (Å²) in [6.07, 6.45) is 3.52. The summed E-state index contributed by atoms with van der Waals surface area (Å²) in [5.41, 5.74) is 11.4. The van der Waals surface area contributed by atoms with Crippen LogP contribution in [0.2, 0.25) is 0 Å². The molecule has 3 aromatic rings. The van der Waals surface area contributed by atoms with Gasteiger partial charge in [-0.25, -0.2) is 4.98 Å². The number of halogens is 1. The van der Waals surface area contributed by atoms with Gasteiger partial charge in [0, 0.05) is 21.6 Å². The van der Waals surface area contributed by atoms with Crippen LogP contribution in [0.5, 0.6) is 0 Å². The van der Waals surface area contributed by atoms with E-state index in [4.69, 9.17) is 5.73 Å². The summed E-state index contributed by atoms with van der Waals surface area (Å²) in [7, 11) is 0. The average molecular weight is 374 g/mol. The van der Waals surface area contributed by atoms with E-state index >= 15 is 0 Å². The molecular weight excluding hydrogens is 362 g/mol. The highest BCUT2D eigenvalue weighted by atomic mass is 79.9. The molecule has 0 unspecified atom stereocenters.